The van der Waals surface area contributed by atoms with Crippen molar-refractivity contribution >= 4 is 23.5 Å². The molecule has 246 valence electrons. The summed E-state index contributed by atoms with van der Waals surface area (Å²) in [6, 6.07) is 15.5. The van der Waals surface area contributed by atoms with Gasteiger partial charge in [0.1, 0.15) is 36.4 Å². The highest BCUT2D eigenvalue weighted by Gasteiger charge is 2.58. The van der Waals surface area contributed by atoms with E-state index < -0.39 is 17.4 Å². The number of nitrogens with zero attached hydrogens (tertiary/aromatic N) is 3. The summed E-state index contributed by atoms with van der Waals surface area (Å²) in [5.41, 5.74) is -1.29. The lowest BCUT2D eigenvalue weighted by atomic mass is 9.64. The first kappa shape index (κ1) is 34.2. The monoisotopic (exact) mass is 663 g/mol. The molecule has 47 heavy (non-hydrogen) atoms. The molecule has 2 aromatic carbocycles. The van der Waals surface area contributed by atoms with Crippen LogP contribution in [0.15, 0.2) is 79.2 Å². The summed E-state index contributed by atoms with van der Waals surface area (Å²) >= 11 is 6.54. The number of aldehydes is 1. The van der Waals surface area contributed by atoms with Crippen LogP contribution in [0.25, 0.3) is 5.57 Å². The van der Waals surface area contributed by atoms with E-state index in [-0.39, 0.29) is 48.0 Å². The SMILES string of the molecule is C[C@@]1(C(F)F)C(c2ccccc2)=CC=CC1(COc1cc(OCc2cncc(C#N)c2)c(C=O)cc1Cl)OCCCN1CCC(O)C1. The number of hydrogen-bond donors (Lipinski definition) is 1. The number of aliphatic hydroxyl groups is 1. The van der Waals surface area contributed by atoms with Crippen molar-refractivity contribution in [2.75, 3.05) is 32.8 Å². The number of carbonyl (C=O) groups is 1. The standard InChI is InChI=1S/C36H36ClF2N3O5/c1-35(34(38)39)30(27-7-3-2-4-8-27)9-5-11-36(35,47-14-6-12-42-13-10-29(44)21-42)24-46-33-17-32(28(22-43)16-31(33)37)45-23-26-15-25(18-40)19-41-20-26/h2-5,7-9,11,15-17,19-20,22,29,34,44H,6,10,12-14,21,23-24H2,1H3/t29?,35-,36?/m0/s1. The molecule has 1 aliphatic heterocycles. The van der Waals surface area contributed by atoms with Crippen molar-refractivity contribution in [2.45, 2.75) is 44.5 Å². The quantitative estimate of drug-likeness (QED) is 0.154. The van der Waals surface area contributed by atoms with E-state index in [1.807, 2.05) is 12.1 Å². The number of likely N-dealkylation sites (tertiary alicyclic amines) is 1. The van der Waals surface area contributed by atoms with Crippen LogP contribution in [0.3, 0.4) is 0 Å². The average Bonchev–Trinajstić information content (AvgIpc) is 3.51. The van der Waals surface area contributed by atoms with Crippen molar-refractivity contribution in [3.8, 4) is 17.6 Å². The number of β-amino-alcohol motifs (C(OH)–C–C–N with tert-alkyl or cyclic N) is 1. The fraction of sp³-hybridized carbons (Fsp3) is 0.361. The lowest BCUT2D eigenvalue weighted by Gasteiger charge is -2.49. The Labute approximate surface area is 277 Å². The molecular formula is C36H36ClF2N3O5. The molecule has 1 fully saturated rings. The maximum absolute atomic E-state index is 15.5. The first-order valence-corrected chi connectivity index (χ1v) is 15.7. The number of hydrogen-bond acceptors (Lipinski definition) is 8. The Kier molecular flexibility index (Phi) is 11.0. The summed E-state index contributed by atoms with van der Waals surface area (Å²) in [4.78, 5) is 18.0. The van der Waals surface area contributed by atoms with E-state index in [2.05, 4.69) is 9.88 Å². The highest BCUT2D eigenvalue weighted by molar-refractivity contribution is 6.32. The molecule has 2 heterocycles. The van der Waals surface area contributed by atoms with Crippen molar-refractivity contribution in [3.05, 3.63) is 106 Å². The van der Waals surface area contributed by atoms with Gasteiger partial charge in [0.15, 0.2) is 6.29 Å². The van der Waals surface area contributed by atoms with Crippen LogP contribution >= 0.6 is 11.6 Å². The normalized spacial score (nSPS) is 22.6. The van der Waals surface area contributed by atoms with Crippen LogP contribution in [-0.2, 0) is 11.3 Å². The molecule has 11 heteroatoms. The number of benzene rings is 2. The lowest BCUT2D eigenvalue weighted by molar-refractivity contribution is -0.144. The topological polar surface area (TPSA) is 105 Å². The molecule has 8 nitrogen and oxygen atoms in total. The zero-order valence-electron chi connectivity index (χ0n) is 26.0. The summed E-state index contributed by atoms with van der Waals surface area (Å²) in [6.07, 6.45) is 6.62. The minimum Gasteiger partial charge on any atom is -0.488 e. The molecule has 1 aromatic heterocycles. The molecule has 0 radical (unpaired) electrons. The van der Waals surface area contributed by atoms with E-state index in [1.165, 1.54) is 25.3 Å². The van der Waals surface area contributed by atoms with E-state index in [4.69, 9.17) is 25.8 Å². The summed E-state index contributed by atoms with van der Waals surface area (Å²) in [5.74, 6) is 0.274. The number of allylic oxidation sites excluding steroid dienone is 2. The van der Waals surface area contributed by atoms with Gasteiger partial charge in [-0.25, -0.2) is 8.78 Å². The molecule has 0 bridgehead atoms. The van der Waals surface area contributed by atoms with E-state index in [1.54, 1.807) is 54.8 Å². The first-order valence-electron chi connectivity index (χ1n) is 15.4. The van der Waals surface area contributed by atoms with Gasteiger partial charge in [0.05, 0.1) is 27.7 Å². The molecule has 1 aliphatic carbocycles. The second-order valence-electron chi connectivity index (χ2n) is 11.9. The third-order valence-corrected chi connectivity index (χ3v) is 9.06. The Bertz CT molecular complexity index is 1660. The number of carbonyl (C=O) groups excluding carboxylic acids is 1. The minimum absolute atomic E-state index is 0.00292. The van der Waals surface area contributed by atoms with Crippen molar-refractivity contribution in [3.63, 3.8) is 0 Å². The van der Waals surface area contributed by atoms with Crippen LogP contribution in [0.5, 0.6) is 11.5 Å². The number of halogens is 3. The van der Waals surface area contributed by atoms with Gasteiger partial charge in [0.2, 0.25) is 0 Å². The van der Waals surface area contributed by atoms with Gasteiger partial charge < -0.3 is 24.2 Å². The van der Waals surface area contributed by atoms with Crippen LogP contribution in [0.2, 0.25) is 5.02 Å². The summed E-state index contributed by atoms with van der Waals surface area (Å²) in [7, 11) is 0. The molecule has 1 saturated heterocycles. The number of nitriles is 1. The first-order chi connectivity index (χ1) is 22.7. The minimum atomic E-state index is -2.85. The van der Waals surface area contributed by atoms with Gasteiger partial charge in [0.25, 0.3) is 6.43 Å². The van der Waals surface area contributed by atoms with Crippen molar-refractivity contribution in [1.29, 1.82) is 5.26 Å². The zero-order chi connectivity index (χ0) is 33.4. The Morgan fingerprint density at radius 3 is 2.70 bits per heavy atom. The molecular weight excluding hydrogens is 628 g/mol. The van der Waals surface area contributed by atoms with Gasteiger partial charge in [-0.05, 0) is 49.1 Å². The van der Waals surface area contributed by atoms with Crippen molar-refractivity contribution in [1.82, 2.24) is 9.88 Å². The Morgan fingerprint density at radius 2 is 2.00 bits per heavy atom. The van der Waals surface area contributed by atoms with Crippen LogP contribution < -0.4 is 9.47 Å². The van der Waals surface area contributed by atoms with Crippen LogP contribution in [0, 0.1) is 16.7 Å². The number of aliphatic hydroxyl groups excluding tert-OH is 1. The number of aromatic nitrogens is 1. The molecule has 0 spiro atoms. The van der Waals surface area contributed by atoms with Gasteiger partial charge in [-0.2, -0.15) is 5.26 Å². The number of ether oxygens (including phenoxy) is 3. The Balaban J connectivity index is 1.42. The van der Waals surface area contributed by atoms with E-state index >= 15 is 8.78 Å². The van der Waals surface area contributed by atoms with Crippen LogP contribution in [0.4, 0.5) is 8.78 Å². The molecule has 2 unspecified atom stereocenters. The van der Waals surface area contributed by atoms with Gasteiger partial charge in [0, 0.05) is 50.3 Å². The molecule has 1 N–H and O–H groups in total. The second kappa shape index (κ2) is 15.2. The second-order valence-corrected chi connectivity index (χ2v) is 12.3. The van der Waals surface area contributed by atoms with Gasteiger partial charge in [-0.3, -0.25) is 9.78 Å². The summed E-state index contributed by atoms with van der Waals surface area (Å²) in [6.45, 7) is 3.31. The fourth-order valence-corrected chi connectivity index (χ4v) is 6.26. The molecule has 0 amide bonds. The molecule has 2 aliphatic rings. The van der Waals surface area contributed by atoms with Gasteiger partial charge in [-0.1, -0.05) is 54.1 Å². The van der Waals surface area contributed by atoms with Crippen molar-refractivity contribution < 1.29 is 32.9 Å². The van der Waals surface area contributed by atoms with Crippen LogP contribution in [0.1, 0.15) is 46.8 Å². The number of rotatable bonds is 14. The van der Waals surface area contributed by atoms with Gasteiger partial charge in [-0.15, -0.1) is 0 Å². The Morgan fingerprint density at radius 1 is 1.19 bits per heavy atom. The predicted molar refractivity (Wildman–Crippen MR) is 174 cm³/mol. The summed E-state index contributed by atoms with van der Waals surface area (Å²) < 4.78 is 49.5. The smallest absolute Gasteiger partial charge is 0.251 e. The maximum atomic E-state index is 15.5. The molecule has 0 saturated carbocycles. The van der Waals surface area contributed by atoms with E-state index in [0.717, 1.165) is 6.54 Å². The van der Waals surface area contributed by atoms with Crippen LogP contribution in [-0.4, -0.2) is 72.3 Å². The highest BCUT2D eigenvalue weighted by Crippen LogP contribution is 2.53. The zero-order valence-corrected chi connectivity index (χ0v) is 26.7. The Hall–Kier alpha value is -4.14. The average molecular weight is 664 g/mol. The number of pyridine rings is 1. The van der Waals surface area contributed by atoms with Crippen molar-refractivity contribution in [2.24, 2.45) is 5.41 Å². The third-order valence-electron chi connectivity index (χ3n) is 8.77. The summed E-state index contributed by atoms with van der Waals surface area (Å²) in [5, 5.41) is 19.2. The predicted octanol–water partition coefficient (Wildman–Crippen LogP) is 6.51. The third kappa shape index (κ3) is 7.55. The maximum Gasteiger partial charge on any atom is 0.251 e. The molecule has 3 aromatic rings. The molecule has 3 atom stereocenters. The highest BCUT2D eigenvalue weighted by atomic mass is 35.5. The lowest BCUT2D eigenvalue weighted by Crippen LogP contribution is -2.57. The largest absolute Gasteiger partial charge is 0.488 e. The van der Waals surface area contributed by atoms with E-state index in [0.29, 0.717) is 54.5 Å². The molecule has 5 rings (SSSR count). The van der Waals surface area contributed by atoms with E-state index in [9.17, 15) is 15.2 Å². The fourth-order valence-electron chi connectivity index (χ4n) is 6.04. The van der Waals surface area contributed by atoms with Gasteiger partial charge >= 0.3 is 0 Å². The number of alkyl halides is 2.